The molecule has 158 valence electrons. The molecule has 0 unspecified atom stereocenters. The van der Waals surface area contributed by atoms with Crippen LogP contribution >= 0.6 is 0 Å². The molecule has 0 radical (unpaired) electrons. The maximum Gasteiger partial charge on any atom is 0.416 e. The summed E-state index contributed by atoms with van der Waals surface area (Å²) >= 11 is 0. The molecule has 4 rings (SSSR count). The summed E-state index contributed by atoms with van der Waals surface area (Å²) in [5.41, 5.74) is 0.969. The number of carbonyl (C=O) groups excluding carboxylic acids is 2. The van der Waals surface area contributed by atoms with Crippen LogP contribution < -0.4 is 15.1 Å². The topological polar surface area (TPSA) is 55.9 Å². The van der Waals surface area contributed by atoms with Gasteiger partial charge in [-0.25, -0.2) is 0 Å². The lowest BCUT2D eigenvalue weighted by Crippen LogP contribution is -2.44. The van der Waals surface area contributed by atoms with E-state index < -0.39 is 23.6 Å². The number of halogens is 3. The summed E-state index contributed by atoms with van der Waals surface area (Å²) in [6.45, 7) is 2.98. The molecule has 0 aliphatic carbocycles. The van der Waals surface area contributed by atoms with Gasteiger partial charge in [0.1, 0.15) is 6.54 Å². The van der Waals surface area contributed by atoms with Gasteiger partial charge in [-0.2, -0.15) is 13.2 Å². The molecule has 30 heavy (non-hydrogen) atoms. The zero-order chi connectivity index (χ0) is 21.5. The Kier molecular flexibility index (Phi) is 5.15. The molecule has 2 heterocycles. The van der Waals surface area contributed by atoms with Gasteiger partial charge in [0.15, 0.2) is 0 Å². The standard InChI is InChI=1S/C21H21F3N4O2/c1-26-9-11-27(12-10-26)17-4-2-3-16-19(17)25-18(29)13-28(20(16)30)15-7-5-14(6-8-15)21(22,23)24/h2-8H,9-13H2,1H3,(H,25,29). The Morgan fingerprint density at radius 1 is 0.933 bits per heavy atom. The molecule has 1 saturated heterocycles. The van der Waals surface area contributed by atoms with E-state index in [4.69, 9.17) is 0 Å². The SMILES string of the molecule is CN1CCN(c2cccc3c2NC(=O)CN(c2ccc(C(F)(F)F)cc2)C3=O)CC1. The molecule has 2 aliphatic rings. The van der Waals surface area contributed by atoms with Crippen LogP contribution in [0, 0.1) is 0 Å². The summed E-state index contributed by atoms with van der Waals surface area (Å²) in [6, 6.07) is 9.49. The van der Waals surface area contributed by atoms with Crippen molar-refractivity contribution in [1.82, 2.24) is 4.90 Å². The number of alkyl halides is 3. The van der Waals surface area contributed by atoms with Gasteiger partial charge in [0.2, 0.25) is 5.91 Å². The fourth-order valence-electron chi connectivity index (χ4n) is 3.74. The van der Waals surface area contributed by atoms with E-state index in [1.807, 2.05) is 13.1 Å². The van der Waals surface area contributed by atoms with Crippen LogP contribution in [0.3, 0.4) is 0 Å². The van der Waals surface area contributed by atoms with Crippen LogP contribution in [0.15, 0.2) is 42.5 Å². The molecule has 1 N–H and O–H groups in total. The van der Waals surface area contributed by atoms with Gasteiger partial charge in [0.25, 0.3) is 5.91 Å². The summed E-state index contributed by atoms with van der Waals surface area (Å²) in [6.07, 6.45) is -4.47. The molecule has 0 bridgehead atoms. The van der Waals surface area contributed by atoms with Crippen molar-refractivity contribution in [3.63, 3.8) is 0 Å². The van der Waals surface area contributed by atoms with E-state index in [0.717, 1.165) is 44.0 Å². The Morgan fingerprint density at radius 2 is 1.60 bits per heavy atom. The summed E-state index contributed by atoms with van der Waals surface area (Å²) in [5, 5.41) is 2.83. The second-order valence-electron chi connectivity index (χ2n) is 7.47. The number of hydrogen-bond acceptors (Lipinski definition) is 4. The highest BCUT2D eigenvalue weighted by Gasteiger charge is 2.33. The summed E-state index contributed by atoms with van der Waals surface area (Å²) in [5.74, 6) is -0.831. The van der Waals surface area contributed by atoms with Gasteiger partial charge >= 0.3 is 6.18 Å². The maximum absolute atomic E-state index is 13.2. The van der Waals surface area contributed by atoms with Gasteiger partial charge in [-0.05, 0) is 43.4 Å². The summed E-state index contributed by atoms with van der Waals surface area (Å²) < 4.78 is 38.6. The average Bonchev–Trinajstić information content (AvgIpc) is 2.84. The number of anilines is 3. The highest BCUT2D eigenvalue weighted by Crippen LogP contribution is 2.35. The zero-order valence-electron chi connectivity index (χ0n) is 16.4. The molecular formula is C21H21F3N4O2. The zero-order valence-corrected chi connectivity index (χ0v) is 16.4. The van der Waals surface area contributed by atoms with Gasteiger partial charge in [-0.15, -0.1) is 0 Å². The van der Waals surface area contributed by atoms with Crippen molar-refractivity contribution in [2.45, 2.75) is 6.18 Å². The van der Waals surface area contributed by atoms with Crippen molar-refractivity contribution >= 4 is 28.9 Å². The Hall–Kier alpha value is -3.07. The largest absolute Gasteiger partial charge is 0.416 e. The number of piperazine rings is 1. The van der Waals surface area contributed by atoms with Crippen LogP contribution in [-0.4, -0.2) is 56.5 Å². The monoisotopic (exact) mass is 418 g/mol. The quantitative estimate of drug-likeness (QED) is 0.815. The Labute approximate surface area is 171 Å². The number of amides is 2. The third-order valence-electron chi connectivity index (χ3n) is 5.43. The number of likely N-dealkylation sites (N-methyl/N-ethyl adjacent to an activating group) is 1. The summed E-state index contributed by atoms with van der Waals surface area (Å²) in [4.78, 5) is 31.3. The minimum atomic E-state index is -4.47. The fraction of sp³-hybridized carbons (Fsp3) is 0.333. The van der Waals surface area contributed by atoms with Gasteiger partial charge in [0.05, 0.1) is 22.5 Å². The number of para-hydroxylation sites is 1. The number of nitrogens with one attached hydrogen (secondary N) is 1. The van der Waals surface area contributed by atoms with Crippen LogP contribution in [0.25, 0.3) is 0 Å². The van der Waals surface area contributed by atoms with Crippen molar-refractivity contribution in [2.24, 2.45) is 0 Å². The lowest BCUT2D eigenvalue weighted by molar-refractivity contribution is -0.137. The van der Waals surface area contributed by atoms with E-state index in [9.17, 15) is 22.8 Å². The highest BCUT2D eigenvalue weighted by atomic mass is 19.4. The van der Waals surface area contributed by atoms with Crippen molar-refractivity contribution < 1.29 is 22.8 Å². The van der Waals surface area contributed by atoms with Crippen LogP contribution in [-0.2, 0) is 11.0 Å². The molecule has 0 atom stereocenters. The molecule has 2 aromatic rings. The second-order valence-corrected chi connectivity index (χ2v) is 7.47. The Balaban J connectivity index is 1.69. The maximum atomic E-state index is 13.2. The van der Waals surface area contributed by atoms with Gasteiger partial charge in [0, 0.05) is 31.9 Å². The fourth-order valence-corrected chi connectivity index (χ4v) is 3.74. The predicted octanol–water partition coefficient (Wildman–Crippen LogP) is 3.06. The van der Waals surface area contributed by atoms with Crippen molar-refractivity contribution in [2.75, 3.05) is 54.9 Å². The van der Waals surface area contributed by atoms with E-state index in [1.165, 1.54) is 17.0 Å². The summed E-state index contributed by atoms with van der Waals surface area (Å²) in [7, 11) is 2.04. The first-order valence-corrected chi connectivity index (χ1v) is 9.59. The molecule has 0 aromatic heterocycles. The third kappa shape index (κ3) is 3.85. The molecular weight excluding hydrogens is 397 g/mol. The molecule has 2 aromatic carbocycles. The molecule has 0 saturated carbocycles. The lowest BCUT2D eigenvalue weighted by Gasteiger charge is -2.35. The van der Waals surface area contributed by atoms with Crippen LogP contribution in [0.1, 0.15) is 15.9 Å². The average molecular weight is 418 g/mol. The number of carbonyl (C=O) groups is 2. The van der Waals surface area contributed by atoms with Gasteiger partial charge in [-0.1, -0.05) is 6.07 Å². The first-order chi connectivity index (χ1) is 14.2. The normalized spacial score (nSPS) is 18.1. The van der Waals surface area contributed by atoms with Crippen LogP contribution in [0.5, 0.6) is 0 Å². The molecule has 0 spiro atoms. The number of fused-ring (bicyclic) bond motifs is 1. The number of hydrogen-bond donors (Lipinski definition) is 1. The molecule has 6 nitrogen and oxygen atoms in total. The number of rotatable bonds is 2. The first-order valence-electron chi connectivity index (χ1n) is 9.59. The Bertz CT molecular complexity index is 967. The smallest absolute Gasteiger partial charge is 0.367 e. The van der Waals surface area contributed by atoms with E-state index >= 15 is 0 Å². The first kappa shape index (κ1) is 20.2. The molecule has 1 fully saturated rings. The predicted molar refractivity (Wildman–Crippen MR) is 108 cm³/mol. The second kappa shape index (κ2) is 7.64. The molecule has 2 amide bonds. The number of benzene rings is 2. The van der Waals surface area contributed by atoms with Crippen LogP contribution in [0.2, 0.25) is 0 Å². The molecule has 9 heteroatoms. The van der Waals surface area contributed by atoms with Crippen molar-refractivity contribution in [1.29, 1.82) is 0 Å². The highest BCUT2D eigenvalue weighted by molar-refractivity contribution is 6.18. The Morgan fingerprint density at radius 3 is 2.23 bits per heavy atom. The van der Waals surface area contributed by atoms with Crippen LogP contribution in [0.4, 0.5) is 30.2 Å². The van der Waals surface area contributed by atoms with Crippen molar-refractivity contribution in [3.05, 3.63) is 53.6 Å². The molecule has 2 aliphatic heterocycles. The van der Waals surface area contributed by atoms with E-state index in [1.54, 1.807) is 12.1 Å². The van der Waals surface area contributed by atoms with E-state index in [0.29, 0.717) is 11.3 Å². The lowest BCUT2D eigenvalue weighted by atomic mass is 10.1. The van der Waals surface area contributed by atoms with Gasteiger partial charge < -0.3 is 15.1 Å². The van der Waals surface area contributed by atoms with E-state index in [-0.39, 0.29) is 12.2 Å². The van der Waals surface area contributed by atoms with Gasteiger partial charge in [-0.3, -0.25) is 14.5 Å². The third-order valence-corrected chi connectivity index (χ3v) is 5.43. The van der Waals surface area contributed by atoms with E-state index in [2.05, 4.69) is 15.1 Å². The minimum Gasteiger partial charge on any atom is -0.367 e. The minimum absolute atomic E-state index is 0.237. The van der Waals surface area contributed by atoms with Crippen molar-refractivity contribution in [3.8, 4) is 0 Å². The number of nitrogens with zero attached hydrogens (tertiary/aromatic N) is 3.